The normalized spacial score (nSPS) is 12.1. The smallest absolute Gasteiger partial charge is 0.344 e. The lowest BCUT2D eigenvalue weighted by Gasteiger charge is -2.15. The molecule has 2 aromatic carbocycles. The summed E-state index contributed by atoms with van der Waals surface area (Å²) < 4.78 is 65.1. The maximum absolute atomic E-state index is 14.5. The van der Waals surface area contributed by atoms with E-state index in [1.165, 1.54) is 19.1 Å². The van der Waals surface area contributed by atoms with E-state index in [2.05, 4.69) is 9.71 Å². The molecule has 9 nitrogen and oxygen atoms in total. The van der Waals surface area contributed by atoms with Crippen molar-refractivity contribution in [2.24, 2.45) is 5.73 Å². The van der Waals surface area contributed by atoms with Crippen molar-refractivity contribution in [2.45, 2.75) is 26.0 Å². The highest BCUT2D eigenvalue weighted by Gasteiger charge is 2.22. The highest BCUT2D eigenvalue weighted by atomic mass is 32.2. The number of hydrogen-bond acceptors (Lipinski definition) is 7. The number of aromatic nitrogens is 1. The Balaban J connectivity index is 2.04. The van der Waals surface area contributed by atoms with Crippen molar-refractivity contribution >= 4 is 21.7 Å². The molecule has 1 aromatic heterocycles. The van der Waals surface area contributed by atoms with Crippen molar-refractivity contribution in [3.8, 4) is 28.6 Å². The summed E-state index contributed by atoms with van der Waals surface area (Å²) in [6, 6.07) is 11.9. The quantitative estimate of drug-likeness (QED) is 0.375. The van der Waals surface area contributed by atoms with Crippen LogP contribution in [-0.4, -0.2) is 36.8 Å². The molecule has 0 aliphatic rings. The van der Waals surface area contributed by atoms with Crippen molar-refractivity contribution in [1.29, 1.82) is 0 Å². The van der Waals surface area contributed by atoms with E-state index in [0.29, 0.717) is 17.2 Å². The topological polar surface area (TPSA) is 141 Å². The van der Waals surface area contributed by atoms with Crippen LogP contribution in [0.1, 0.15) is 18.9 Å². The van der Waals surface area contributed by atoms with Gasteiger partial charge >= 0.3 is 5.97 Å². The monoisotopic (exact) mass is 507 g/mol. The molecule has 0 aliphatic carbocycles. The minimum atomic E-state index is -3.66. The first-order valence-corrected chi connectivity index (χ1v) is 12.2. The molecule has 3 rings (SSSR count). The Morgan fingerprint density at radius 2 is 1.83 bits per heavy atom. The zero-order valence-corrected chi connectivity index (χ0v) is 19.6. The van der Waals surface area contributed by atoms with E-state index in [0.717, 1.165) is 11.8 Å². The van der Waals surface area contributed by atoms with E-state index in [1.54, 1.807) is 24.3 Å². The predicted molar refractivity (Wildman–Crippen MR) is 125 cm³/mol. The molecule has 1 unspecified atom stereocenters. The van der Waals surface area contributed by atoms with Crippen LogP contribution in [-0.2, 0) is 21.4 Å². The fraction of sp³-hybridized carbons (Fsp3) is 0.217. The van der Waals surface area contributed by atoms with Crippen molar-refractivity contribution in [3.05, 3.63) is 65.7 Å². The number of anilines is 1. The van der Waals surface area contributed by atoms with E-state index in [4.69, 9.17) is 20.3 Å². The summed E-state index contributed by atoms with van der Waals surface area (Å²) in [6.45, 7) is 1.79. The van der Waals surface area contributed by atoms with Crippen LogP contribution in [0.4, 0.5) is 14.5 Å². The number of carbonyl (C=O) groups is 1. The second-order valence-corrected chi connectivity index (χ2v) is 9.29. The van der Waals surface area contributed by atoms with Crippen molar-refractivity contribution in [3.63, 3.8) is 0 Å². The van der Waals surface area contributed by atoms with Crippen molar-refractivity contribution < 1.29 is 36.6 Å². The SMILES string of the molecule is CCC(Oc1nc(Oc2cc(NS(C)(=O)=O)cc(-c3cccc(CN)c3)c2)c(F)cc1F)C(=O)O. The molecule has 35 heavy (non-hydrogen) atoms. The molecule has 0 saturated carbocycles. The second kappa shape index (κ2) is 10.7. The first-order valence-electron chi connectivity index (χ1n) is 10.3. The summed E-state index contributed by atoms with van der Waals surface area (Å²) in [5.41, 5.74) is 7.84. The molecule has 1 atom stereocenters. The van der Waals surface area contributed by atoms with Crippen molar-refractivity contribution in [1.82, 2.24) is 4.98 Å². The summed E-state index contributed by atoms with van der Waals surface area (Å²) in [5.74, 6) is -5.20. The van der Waals surface area contributed by atoms with Crippen molar-refractivity contribution in [2.75, 3.05) is 11.0 Å². The Bertz CT molecular complexity index is 1350. The van der Waals surface area contributed by atoms with Gasteiger partial charge in [-0.05, 0) is 41.3 Å². The number of sulfonamides is 1. The van der Waals surface area contributed by atoms with Crippen LogP contribution in [0.15, 0.2) is 48.5 Å². The molecular formula is C23H23F2N3O6S. The summed E-state index contributed by atoms with van der Waals surface area (Å²) in [7, 11) is -3.66. The lowest BCUT2D eigenvalue weighted by molar-refractivity contribution is -0.145. The number of nitrogens with two attached hydrogens (primary N) is 1. The van der Waals surface area contributed by atoms with Crippen LogP contribution < -0.4 is 19.9 Å². The number of nitrogens with one attached hydrogen (secondary N) is 1. The van der Waals surface area contributed by atoms with E-state index >= 15 is 0 Å². The molecule has 186 valence electrons. The first-order chi connectivity index (χ1) is 16.5. The molecule has 0 bridgehead atoms. The molecule has 0 amide bonds. The van der Waals surface area contributed by atoms with Gasteiger partial charge in [-0.15, -0.1) is 0 Å². The van der Waals surface area contributed by atoms with E-state index in [9.17, 15) is 22.0 Å². The van der Waals surface area contributed by atoms with Crippen LogP contribution in [0, 0.1) is 11.6 Å². The van der Waals surface area contributed by atoms with Crippen LogP contribution in [0.5, 0.6) is 17.5 Å². The minimum Gasteiger partial charge on any atom is -0.479 e. The van der Waals surface area contributed by atoms with E-state index in [1.807, 2.05) is 6.07 Å². The molecule has 0 radical (unpaired) electrons. The van der Waals surface area contributed by atoms with Gasteiger partial charge in [0, 0.05) is 18.7 Å². The maximum Gasteiger partial charge on any atom is 0.344 e. The van der Waals surface area contributed by atoms with Gasteiger partial charge in [0.25, 0.3) is 11.8 Å². The van der Waals surface area contributed by atoms with Crippen LogP contribution in [0.25, 0.3) is 11.1 Å². The third-order valence-electron chi connectivity index (χ3n) is 4.69. The molecule has 0 fully saturated rings. The predicted octanol–water partition coefficient (Wildman–Crippen LogP) is 3.89. The summed E-state index contributed by atoms with van der Waals surface area (Å²) in [5, 5.41) is 9.14. The molecule has 12 heteroatoms. The number of aliphatic carboxylic acids is 1. The highest BCUT2D eigenvalue weighted by Crippen LogP contribution is 2.34. The minimum absolute atomic E-state index is 0.00838. The number of rotatable bonds is 10. The van der Waals surface area contributed by atoms with Gasteiger partial charge in [-0.3, -0.25) is 4.72 Å². The van der Waals surface area contributed by atoms with Gasteiger partial charge in [0.05, 0.1) is 11.9 Å². The first kappa shape index (κ1) is 25.8. The van der Waals surface area contributed by atoms with Gasteiger partial charge in [-0.25, -0.2) is 22.0 Å². The summed E-state index contributed by atoms with van der Waals surface area (Å²) in [6.07, 6.45) is -0.430. The van der Waals surface area contributed by atoms with Crippen LogP contribution >= 0.6 is 0 Å². The molecule has 0 saturated heterocycles. The van der Waals surface area contributed by atoms with Gasteiger partial charge < -0.3 is 20.3 Å². The van der Waals surface area contributed by atoms with Gasteiger partial charge in [0.1, 0.15) is 5.75 Å². The molecule has 0 spiro atoms. The fourth-order valence-electron chi connectivity index (χ4n) is 3.12. The Morgan fingerprint density at radius 1 is 1.11 bits per heavy atom. The highest BCUT2D eigenvalue weighted by molar-refractivity contribution is 7.92. The van der Waals surface area contributed by atoms with Crippen LogP contribution in [0.2, 0.25) is 0 Å². The van der Waals surface area contributed by atoms with Gasteiger partial charge in [0.2, 0.25) is 10.0 Å². The molecule has 1 heterocycles. The molecule has 4 N–H and O–H groups in total. The average molecular weight is 508 g/mol. The Morgan fingerprint density at radius 3 is 2.46 bits per heavy atom. The molecule has 0 aliphatic heterocycles. The zero-order chi connectivity index (χ0) is 25.8. The Kier molecular flexibility index (Phi) is 7.87. The second-order valence-electron chi connectivity index (χ2n) is 7.54. The zero-order valence-electron chi connectivity index (χ0n) is 18.8. The number of hydrogen-bond donors (Lipinski definition) is 3. The molecular weight excluding hydrogens is 484 g/mol. The van der Waals surface area contributed by atoms with E-state index in [-0.39, 0.29) is 24.4 Å². The molecule has 3 aromatic rings. The van der Waals surface area contributed by atoms with Crippen LogP contribution in [0.3, 0.4) is 0 Å². The maximum atomic E-state index is 14.5. The number of benzene rings is 2. The third-order valence-corrected chi connectivity index (χ3v) is 5.29. The van der Waals surface area contributed by atoms with E-state index < -0.39 is 45.5 Å². The van der Waals surface area contributed by atoms with Gasteiger partial charge in [0.15, 0.2) is 17.7 Å². The van der Waals surface area contributed by atoms with Gasteiger partial charge in [-0.2, -0.15) is 4.98 Å². The number of carboxylic acid groups (broad SMARTS) is 1. The Hall–Kier alpha value is -3.77. The number of carboxylic acids is 1. The number of halogens is 2. The number of ether oxygens (including phenoxy) is 2. The Labute approximate surface area is 200 Å². The summed E-state index contributed by atoms with van der Waals surface area (Å²) >= 11 is 0. The van der Waals surface area contributed by atoms with Gasteiger partial charge in [-0.1, -0.05) is 25.1 Å². The lowest BCUT2D eigenvalue weighted by atomic mass is 10.0. The standard InChI is InChI=1S/C23H23F2N3O6S/c1-3-20(23(29)30)34-22-19(25)11-18(24)21(27-22)33-17-9-15(8-16(10-17)28-35(2,31)32)14-6-4-5-13(7-14)12-26/h4-11,20,28H,3,12,26H2,1-2H3,(H,29,30). The number of nitrogens with zero attached hydrogens (tertiary/aromatic N) is 1. The number of pyridine rings is 1. The third kappa shape index (κ3) is 6.87. The largest absolute Gasteiger partial charge is 0.479 e. The average Bonchev–Trinajstić information content (AvgIpc) is 2.78. The summed E-state index contributed by atoms with van der Waals surface area (Å²) in [4.78, 5) is 14.9. The lowest BCUT2D eigenvalue weighted by Crippen LogP contribution is -2.26. The fourth-order valence-corrected chi connectivity index (χ4v) is 3.66.